The molecule has 0 aliphatic heterocycles. The van der Waals surface area contributed by atoms with Gasteiger partial charge in [-0.3, -0.25) is 14.3 Å². The van der Waals surface area contributed by atoms with Crippen molar-refractivity contribution in [3.05, 3.63) is 62.7 Å². The number of thioether (sulfide) groups is 1. The Kier molecular flexibility index (Phi) is 6.70. The van der Waals surface area contributed by atoms with E-state index in [9.17, 15) is 9.59 Å². The number of nitrogens with one attached hydrogen (secondary N) is 2. The lowest BCUT2D eigenvalue weighted by molar-refractivity contribution is 0.340. The van der Waals surface area contributed by atoms with E-state index < -0.39 is 11.2 Å². The number of benzene rings is 1. The minimum Gasteiger partial charge on any atom is -0.494 e. The van der Waals surface area contributed by atoms with Crippen LogP contribution in [0.4, 0.5) is 0 Å². The third-order valence-electron chi connectivity index (χ3n) is 4.00. The number of rotatable bonds is 9. The van der Waals surface area contributed by atoms with Gasteiger partial charge in [-0.1, -0.05) is 25.1 Å². The van der Waals surface area contributed by atoms with Crippen LogP contribution in [0.3, 0.4) is 0 Å². The van der Waals surface area contributed by atoms with Crippen molar-refractivity contribution in [3.8, 4) is 11.4 Å². The number of ether oxygens (including phenoxy) is 1. The van der Waals surface area contributed by atoms with E-state index in [2.05, 4.69) is 27.1 Å². The highest BCUT2D eigenvalue weighted by Crippen LogP contribution is 2.25. The molecule has 0 unspecified atom stereocenters. The highest BCUT2D eigenvalue weighted by molar-refractivity contribution is 7.99. The Morgan fingerprint density at radius 1 is 1.11 bits per heavy atom. The van der Waals surface area contributed by atoms with Crippen molar-refractivity contribution in [1.29, 1.82) is 0 Å². The highest BCUT2D eigenvalue weighted by atomic mass is 32.2. The smallest absolute Gasteiger partial charge is 0.325 e. The molecule has 148 valence electrons. The first-order valence-electron chi connectivity index (χ1n) is 9.23. The summed E-state index contributed by atoms with van der Waals surface area (Å²) in [6.45, 7) is 4.69. The molecule has 1 aromatic carbocycles. The van der Waals surface area contributed by atoms with Crippen molar-refractivity contribution in [2.45, 2.75) is 38.3 Å². The summed E-state index contributed by atoms with van der Waals surface area (Å²) in [5.74, 6) is 2.37. The van der Waals surface area contributed by atoms with Crippen LogP contribution in [-0.4, -0.2) is 37.1 Å². The summed E-state index contributed by atoms with van der Waals surface area (Å²) >= 11 is 1.64. The maximum Gasteiger partial charge on any atom is 0.325 e. The minimum atomic E-state index is -0.535. The van der Waals surface area contributed by atoms with Gasteiger partial charge in [0.15, 0.2) is 5.16 Å². The van der Waals surface area contributed by atoms with Gasteiger partial charge < -0.3 is 9.72 Å². The van der Waals surface area contributed by atoms with Gasteiger partial charge in [-0.2, -0.15) is 0 Å². The Hall–Kier alpha value is -2.81. The van der Waals surface area contributed by atoms with Crippen LogP contribution in [-0.2, 0) is 6.42 Å². The van der Waals surface area contributed by atoms with Gasteiger partial charge in [0.1, 0.15) is 11.6 Å². The van der Waals surface area contributed by atoms with E-state index >= 15 is 0 Å². The molecule has 3 aromatic rings. The fraction of sp³-hybridized carbons (Fsp3) is 0.368. The molecule has 2 heterocycles. The molecule has 0 saturated carbocycles. The second-order valence-corrected chi connectivity index (χ2v) is 7.21. The largest absolute Gasteiger partial charge is 0.494 e. The third-order valence-corrected chi connectivity index (χ3v) is 5.02. The fourth-order valence-electron chi connectivity index (χ4n) is 2.72. The molecular formula is C19H23N5O3S. The van der Waals surface area contributed by atoms with Crippen LogP contribution < -0.4 is 16.0 Å². The van der Waals surface area contributed by atoms with E-state index in [1.54, 1.807) is 11.8 Å². The molecule has 0 aliphatic carbocycles. The molecule has 2 N–H and O–H groups in total. The Morgan fingerprint density at radius 3 is 2.57 bits per heavy atom. The molecule has 0 spiro atoms. The molecule has 0 fully saturated rings. The SMILES string of the molecule is CCCCSc1nnc(Cc2cc(=O)[nH]c(=O)[nH]2)n1-c1ccc(OCC)cc1. The number of H-pyrrole nitrogens is 2. The molecular weight excluding hydrogens is 378 g/mol. The zero-order chi connectivity index (χ0) is 19.9. The number of hydrogen-bond donors (Lipinski definition) is 2. The Labute approximate surface area is 166 Å². The molecule has 0 bridgehead atoms. The monoisotopic (exact) mass is 401 g/mol. The zero-order valence-corrected chi connectivity index (χ0v) is 16.7. The lowest BCUT2D eigenvalue weighted by atomic mass is 10.2. The third kappa shape index (κ3) is 4.92. The Balaban J connectivity index is 1.97. The van der Waals surface area contributed by atoms with E-state index in [1.165, 1.54) is 6.07 Å². The lowest BCUT2D eigenvalue weighted by Crippen LogP contribution is -2.23. The molecule has 0 aliphatic rings. The molecule has 28 heavy (non-hydrogen) atoms. The second kappa shape index (κ2) is 9.41. The van der Waals surface area contributed by atoms with E-state index in [0.717, 1.165) is 35.2 Å². The second-order valence-electron chi connectivity index (χ2n) is 6.15. The molecule has 9 heteroatoms. The van der Waals surface area contributed by atoms with Crippen LogP contribution >= 0.6 is 11.8 Å². The number of hydrogen-bond acceptors (Lipinski definition) is 6. The average Bonchev–Trinajstić information content (AvgIpc) is 3.04. The van der Waals surface area contributed by atoms with Crippen molar-refractivity contribution >= 4 is 11.8 Å². The van der Waals surface area contributed by atoms with Gasteiger partial charge in [-0.25, -0.2) is 4.79 Å². The lowest BCUT2D eigenvalue weighted by Gasteiger charge is -2.11. The van der Waals surface area contributed by atoms with Gasteiger partial charge in [0.2, 0.25) is 0 Å². The van der Waals surface area contributed by atoms with Gasteiger partial charge in [0.05, 0.1) is 6.61 Å². The topological polar surface area (TPSA) is 106 Å². The molecule has 0 amide bonds. The van der Waals surface area contributed by atoms with Gasteiger partial charge in [-0.15, -0.1) is 10.2 Å². The summed E-state index contributed by atoms with van der Waals surface area (Å²) in [7, 11) is 0. The van der Waals surface area contributed by atoms with Crippen molar-refractivity contribution in [1.82, 2.24) is 24.7 Å². The normalized spacial score (nSPS) is 10.9. The number of aromatic nitrogens is 5. The molecule has 8 nitrogen and oxygen atoms in total. The summed E-state index contributed by atoms with van der Waals surface area (Å²) in [4.78, 5) is 28.0. The first kappa shape index (κ1) is 19.9. The first-order chi connectivity index (χ1) is 13.6. The van der Waals surface area contributed by atoms with E-state index in [-0.39, 0.29) is 6.42 Å². The standard InChI is InChI=1S/C19H23N5O3S/c1-3-5-10-28-19-23-22-16(11-13-12-17(25)21-18(26)20-13)24(19)14-6-8-15(9-7-14)27-4-2/h6-9,12H,3-5,10-11H2,1-2H3,(H2,20,21,25,26). The summed E-state index contributed by atoms with van der Waals surface area (Å²) in [5, 5.41) is 9.42. The summed E-state index contributed by atoms with van der Waals surface area (Å²) in [6, 6.07) is 9.06. The van der Waals surface area contributed by atoms with E-state index in [1.807, 2.05) is 35.8 Å². The van der Waals surface area contributed by atoms with Crippen LogP contribution in [0.1, 0.15) is 38.2 Å². The summed E-state index contributed by atoms with van der Waals surface area (Å²) in [5.41, 5.74) is 0.406. The molecule has 3 rings (SSSR count). The van der Waals surface area contributed by atoms with Gasteiger partial charge in [0.25, 0.3) is 5.56 Å². The number of unbranched alkanes of at least 4 members (excludes halogenated alkanes) is 1. The van der Waals surface area contributed by atoms with Crippen LogP contribution in [0.2, 0.25) is 0 Å². The van der Waals surface area contributed by atoms with Crippen LogP contribution in [0.5, 0.6) is 5.75 Å². The molecule has 0 atom stereocenters. The fourth-order valence-corrected chi connectivity index (χ4v) is 3.77. The first-order valence-corrected chi connectivity index (χ1v) is 10.2. The van der Waals surface area contributed by atoms with Gasteiger partial charge in [-0.05, 0) is 37.6 Å². The Bertz CT molecular complexity index is 995. The van der Waals surface area contributed by atoms with Crippen molar-refractivity contribution in [2.24, 2.45) is 0 Å². The van der Waals surface area contributed by atoms with Crippen molar-refractivity contribution in [3.63, 3.8) is 0 Å². The summed E-state index contributed by atoms with van der Waals surface area (Å²) < 4.78 is 7.47. The van der Waals surface area contributed by atoms with Crippen LogP contribution in [0.15, 0.2) is 45.1 Å². The van der Waals surface area contributed by atoms with Gasteiger partial charge >= 0.3 is 5.69 Å². The zero-order valence-electron chi connectivity index (χ0n) is 15.9. The maximum absolute atomic E-state index is 11.6. The van der Waals surface area contributed by atoms with Crippen LogP contribution in [0, 0.1) is 0 Å². The average molecular weight is 401 g/mol. The molecule has 2 aromatic heterocycles. The van der Waals surface area contributed by atoms with Crippen molar-refractivity contribution in [2.75, 3.05) is 12.4 Å². The quantitative estimate of drug-likeness (QED) is 0.422. The Morgan fingerprint density at radius 2 is 1.89 bits per heavy atom. The predicted molar refractivity (Wildman–Crippen MR) is 109 cm³/mol. The van der Waals surface area contributed by atoms with Crippen molar-refractivity contribution < 1.29 is 4.74 Å². The molecule has 0 radical (unpaired) electrons. The highest BCUT2D eigenvalue weighted by Gasteiger charge is 2.16. The van der Waals surface area contributed by atoms with Crippen LogP contribution in [0.25, 0.3) is 5.69 Å². The predicted octanol–water partition coefficient (Wildman–Crippen LogP) is 2.53. The number of aromatic amines is 2. The minimum absolute atomic E-state index is 0.285. The number of nitrogens with zero attached hydrogens (tertiary/aromatic N) is 3. The molecule has 0 saturated heterocycles. The van der Waals surface area contributed by atoms with E-state index in [4.69, 9.17) is 4.74 Å². The summed E-state index contributed by atoms with van der Waals surface area (Å²) in [6.07, 6.45) is 2.47. The maximum atomic E-state index is 11.6. The van der Waals surface area contributed by atoms with E-state index in [0.29, 0.717) is 18.1 Å². The van der Waals surface area contributed by atoms with Gasteiger partial charge in [0, 0.05) is 29.6 Å².